The van der Waals surface area contributed by atoms with Crippen LogP contribution in [0, 0.1) is 0 Å². The molecule has 3 rings (SSSR count). The summed E-state index contributed by atoms with van der Waals surface area (Å²) in [7, 11) is 0. The van der Waals surface area contributed by atoms with Crippen molar-refractivity contribution >= 4 is 23.5 Å². The molecule has 0 amide bonds. The van der Waals surface area contributed by atoms with E-state index in [9.17, 15) is 0 Å². The lowest BCUT2D eigenvalue weighted by Crippen LogP contribution is -2.31. The summed E-state index contributed by atoms with van der Waals surface area (Å²) in [6.07, 6.45) is 22.6. The van der Waals surface area contributed by atoms with Gasteiger partial charge in [0.05, 0.1) is 4.08 Å². The van der Waals surface area contributed by atoms with Crippen LogP contribution in [0.3, 0.4) is 0 Å². The maximum atomic E-state index is 2.45. The Hall–Kier alpha value is 0.700. The summed E-state index contributed by atoms with van der Waals surface area (Å²) in [5.41, 5.74) is 0. The molecular formula is C18H32S2. The minimum absolute atomic E-state index is 0.627. The standard InChI is InChI=1S/C18H32S2/c1-4-10-16(11-5-1)19-18(14-8-3-9-15-18)20-17-12-6-2-7-13-17/h16-17H,1-15H2. The van der Waals surface area contributed by atoms with E-state index in [1.807, 2.05) is 0 Å². The fraction of sp³-hybridized carbons (Fsp3) is 1.00. The number of hydrogen-bond acceptors (Lipinski definition) is 2. The minimum atomic E-state index is 0.627. The second-order valence-corrected chi connectivity index (χ2v) is 10.9. The molecule has 0 aliphatic heterocycles. The Morgan fingerprint density at radius 3 is 1.35 bits per heavy atom. The number of rotatable bonds is 4. The highest BCUT2D eigenvalue weighted by molar-refractivity contribution is 8.18. The summed E-state index contributed by atoms with van der Waals surface area (Å²) in [6, 6.07) is 0. The number of thioether (sulfide) groups is 2. The van der Waals surface area contributed by atoms with Gasteiger partial charge in [-0.1, -0.05) is 57.8 Å². The molecule has 3 fully saturated rings. The van der Waals surface area contributed by atoms with Crippen molar-refractivity contribution in [3.8, 4) is 0 Å². The summed E-state index contributed by atoms with van der Waals surface area (Å²) in [4.78, 5) is 0. The summed E-state index contributed by atoms with van der Waals surface area (Å²) in [6.45, 7) is 0. The second kappa shape index (κ2) is 7.81. The molecule has 0 aromatic heterocycles. The van der Waals surface area contributed by atoms with Gasteiger partial charge in [0.2, 0.25) is 0 Å². The summed E-state index contributed by atoms with van der Waals surface area (Å²) < 4.78 is 0.627. The lowest BCUT2D eigenvalue weighted by Gasteiger charge is -2.42. The van der Waals surface area contributed by atoms with Gasteiger partial charge in [0.25, 0.3) is 0 Å². The maximum absolute atomic E-state index is 2.45. The molecule has 0 bridgehead atoms. The van der Waals surface area contributed by atoms with E-state index in [4.69, 9.17) is 0 Å². The van der Waals surface area contributed by atoms with E-state index >= 15 is 0 Å². The highest BCUT2D eigenvalue weighted by atomic mass is 32.2. The molecule has 0 nitrogen and oxygen atoms in total. The Morgan fingerprint density at radius 1 is 0.500 bits per heavy atom. The van der Waals surface area contributed by atoms with E-state index in [1.54, 1.807) is 0 Å². The first-order valence-electron chi connectivity index (χ1n) is 9.22. The molecule has 3 aliphatic rings. The van der Waals surface area contributed by atoms with Crippen molar-refractivity contribution in [1.29, 1.82) is 0 Å². The van der Waals surface area contributed by atoms with Gasteiger partial charge >= 0.3 is 0 Å². The van der Waals surface area contributed by atoms with Crippen LogP contribution in [-0.4, -0.2) is 14.6 Å². The van der Waals surface area contributed by atoms with Gasteiger partial charge in [-0.15, -0.1) is 23.5 Å². The monoisotopic (exact) mass is 312 g/mol. The first-order valence-corrected chi connectivity index (χ1v) is 11.0. The van der Waals surface area contributed by atoms with Crippen LogP contribution in [0.5, 0.6) is 0 Å². The third-order valence-corrected chi connectivity index (χ3v) is 9.35. The largest absolute Gasteiger partial charge is 0.141 e. The van der Waals surface area contributed by atoms with Crippen LogP contribution in [0.25, 0.3) is 0 Å². The van der Waals surface area contributed by atoms with Crippen LogP contribution in [0.4, 0.5) is 0 Å². The van der Waals surface area contributed by atoms with Crippen molar-refractivity contribution in [2.75, 3.05) is 0 Å². The highest BCUT2D eigenvalue weighted by Gasteiger charge is 2.38. The topological polar surface area (TPSA) is 0 Å². The Bertz CT molecular complexity index is 249. The Kier molecular flexibility index (Phi) is 6.09. The van der Waals surface area contributed by atoms with E-state index in [2.05, 4.69) is 23.5 Å². The molecule has 0 aromatic rings. The second-order valence-electron chi connectivity index (χ2n) is 7.23. The van der Waals surface area contributed by atoms with Crippen molar-refractivity contribution in [3.63, 3.8) is 0 Å². The third-order valence-electron chi connectivity index (χ3n) is 5.48. The van der Waals surface area contributed by atoms with Crippen LogP contribution in [-0.2, 0) is 0 Å². The van der Waals surface area contributed by atoms with Gasteiger partial charge in [0, 0.05) is 10.5 Å². The molecule has 0 heterocycles. The zero-order chi connectivity index (χ0) is 13.7. The molecule has 2 heteroatoms. The quantitative estimate of drug-likeness (QED) is 0.525. The molecule has 0 unspecified atom stereocenters. The zero-order valence-electron chi connectivity index (χ0n) is 13.1. The predicted molar refractivity (Wildman–Crippen MR) is 94.7 cm³/mol. The van der Waals surface area contributed by atoms with Crippen molar-refractivity contribution in [3.05, 3.63) is 0 Å². The Labute approximate surface area is 134 Å². The smallest absolute Gasteiger partial charge is 0.0616 e. The van der Waals surface area contributed by atoms with Crippen LogP contribution >= 0.6 is 23.5 Å². The molecule has 0 spiro atoms. The van der Waals surface area contributed by atoms with Gasteiger partial charge in [0.1, 0.15) is 0 Å². The molecule has 3 aliphatic carbocycles. The fourth-order valence-corrected chi connectivity index (χ4v) is 8.77. The zero-order valence-corrected chi connectivity index (χ0v) is 14.7. The third kappa shape index (κ3) is 4.35. The van der Waals surface area contributed by atoms with Gasteiger partial charge in [-0.25, -0.2) is 0 Å². The normalized spacial score (nSPS) is 29.4. The molecule has 0 radical (unpaired) electrons. The van der Waals surface area contributed by atoms with Crippen molar-refractivity contribution < 1.29 is 0 Å². The van der Waals surface area contributed by atoms with Crippen LogP contribution in [0.2, 0.25) is 0 Å². The average molecular weight is 313 g/mol. The van der Waals surface area contributed by atoms with Gasteiger partial charge < -0.3 is 0 Å². The molecule has 0 atom stereocenters. The highest BCUT2D eigenvalue weighted by Crippen LogP contribution is 2.54. The molecular weight excluding hydrogens is 280 g/mol. The van der Waals surface area contributed by atoms with E-state index < -0.39 is 0 Å². The molecule has 20 heavy (non-hydrogen) atoms. The van der Waals surface area contributed by atoms with Crippen molar-refractivity contribution in [1.82, 2.24) is 0 Å². The van der Waals surface area contributed by atoms with Crippen molar-refractivity contribution in [2.24, 2.45) is 0 Å². The number of hydrogen-bond donors (Lipinski definition) is 0. The van der Waals surface area contributed by atoms with Crippen LogP contribution in [0.1, 0.15) is 96.3 Å². The van der Waals surface area contributed by atoms with Crippen LogP contribution < -0.4 is 0 Å². The SMILES string of the molecule is C1CCC(SC2(SC3CCCCC3)CCCCC2)CC1. The first kappa shape index (κ1) is 15.6. The lowest BCUT2D eigenvalue weighted by atomic mass is 9.99. The van der Waals surface area contributed by atoms with Gasteiger partial charge in [0.15, 0.2) is 0 Å². The first-order chi connectivity index (χ1) is 9.86. The summed E-state index contributed by atoms with van der Waals surface area (Å²) in [5, 5.41) is 2.00. The van der Waals surface area contributed by atoms with Crippen molar-refractivity contribution in [2.45, 2.75) is 111 Å². The maximum Gasteiger partial charge on any atom is 0.0616 e. The molecule has 3 saturated carbocycles. The van der Waals surface area contributed by atoms with Gasteiger partial charge in [-0.2, -0.15) is 0 Å². The minimum Gasteiger partial charge on any atom is -0.141 e. The molecule has 0 N–H and O–H groups in total. The molecule has 0 aromatic carbocycles. The molecule has 0 saturated heterocycles. The molecule has 116 valence electrons. The fourth-order valence-electron chi connectivity index (χ4n) is 4.33. The predicted octanol–water partition coefficient (Wildman–Crippen LogP) is 6.78. The summed E-state index contributed by atoms with van der Waals surface area (Å²) in [5.74, 6) is 0. The average Bonchev–Trinajstić information content (AvgIpc) is 2.50. The Balaban J connectivity index is 1.60. The van der Waals surface area contributed by atoms with E-state index in [1.165, 1.54) is 96.3 Å². The summed E-state index contributed by atoms with van der Waals surface area (Å²) >= 11 is 4.89. The lowest BCUT2D eigenvalue weighted by molar-refractivity contribution is 0.469. The Morgan fingerprint density at radius 2 is 0.900 bits per heavy atom. The van der Waals surface area contributed by atoms with Gasteiger partial charge in [-0.3, -0.25) is 0 Å². The van der Waals surface area contributed by atoms with E-state index in [0.29, 0.717) is 4.08 Å². The van der Waals surface area contributed by atoms with E-state index in [-0.39, 0.29) is 0 Å². The van der Waals surface area contributed by atoms with Gasteiger partial charge in [-0.05, 0) is 38.5 Å². The van der Waals surface area contributed by atoms with Crippen LogP contribution in [0.15, 0.2) is 0 Å². The van der Waals surface area contributed by atoms with E-state index in [0.717, 1.165) is 10.5 Å².